The Bertz CT molecular complexity index is 435. The molecule has 2 heterocycles. The Morgan fingerprint density at radius 2 is 2.15 bits per heavy atom. The Morgan fingerprint density at radius 3 is 3.08 bits per heavy atom. The molecule has 0 atom stereocenters. The van der Waals surface area contributed by atoms with Gasteiger partial charge >= 0.3 is 0 Å². The van der Waals surface area contributed by atoms with Gasteiger partial charge < -0.3 is 9.88 Å². The van der Waals surface area contributed by atoms with Crippen LogP contribution in [0.15, 0.2) is 24.3 Å². The first-order chi connectivity index (χ1) is 5.95. The summed E-state index contributed by atoms with van der Waals surface area (Å²) in [5.74, 6) is 1.01. The number of hydrogen-bond acceptors (Lipinski definition) is 2. The van der Waals surface area contributed by atoms with Gasteiger partial charge in [-0.3, -0.25) is 0 Å². The minimum Gasteiger partial charge on any atom is -0.354 e. The second-order valence-electron chi connectivity index (χ2n) is 3.00. The minimum absolute atomic E-state index is 0. The molecule has 68 valence electrons. The highest BCUT2D eigenvalue weighted by atomic mass is 35.5. The molecule has 4 heteroatoms. The third-order valence-corrected chi connectivity index (χ3v) is 2.27. The molecule has 0 fully saturated rings. The number of anilines is 1. The summed E-state index contributed by atoms with van der Waals surface area (Å²) in [4.78, 5) is 4.45. The van der Waals surface area contributed by atoms with Gasteiger partial charge in [0.25, 0.3) is 0 Å². The van der Waals surface area contributed by atoms with Crippen molar-refractivity contribution in [3.05, 3.63) is 24.3 Å². The Labute approximate surface area is 82.2 Å². The lowest BCUT2D eigenvalue weighted by Crippen LogP contribution is -1.94. The maximum absolute atomic E-state index is 4.45. The van der Waals surface area contributed by atoms with Crippen LogP contribution < -0.4 is 5.32 Å². The zero-order chi connectivity index (χ0) is 7.97. The van der Waals surface area contributed by atoms with Crippen molar-refractivity contribution in [2.24, 2.45) is 0 Å². The molecule has 1 aromatic carbocycles. The van der Waals surface area contributed by atoms with Crippen molar-refractivity contribution < 1.29 is 0 Å². The number of halogens is 1. The van der Waals surface area contributed by atoms with E-state index in [2.05, 4.69) is 27.0 Å². The number of imidazole rings is 1. The van der Waals surface area contributed by atoms with Crippen molar-refractivity contribution in [2.45, 2.75) is 6.54 Å². The molecule has 0 radical (unpaired) electrons. The highest BCUT2D eigenvalue weighted by Gasteiger charge is 2.13. The van der Waals surface area contributed by atoms with Crippen LogP contribution in [0, 0.1) is 0 Å². The van der Waals surface area contributed by atoms with Gasteiger partial charge in [0.05, 0.1) is 11.0 Å². The third kappa shape index (κ3) is 1.08. The number of hydrogen-bond donors (Lipinski definition) is 1. The van der Waals surface area contributed by atoms with E-state index in [9.17, 15) is 0 Å². The van der Waals surface area contributed by atoms with E-state index in [-0.39, 0.29) is 12.4 Å². The van der Waals surface area contributed by atoms with Gasteiger partial charge in [-0.1, -0.05) is 12.1 Å². The molecule has 0 spiro atoms. The van der Waals surface area contributed by atoms with E-state index in [0.29, 0.717) is 0 Å². The van der Waals surface area contributed by atoms with Crippen molar-refractivity contribution in [1.29, 1.82) is 0 Å². The first-order valence-corrected chi connectivity index (χ1v) is 4.14. The van der Waals surface area contributed by atoms with Crippen LogP contribution >= 0.6 is 12.4 Å². The van der Waals surface area contributed by atoms with Crippen LogP contribution in [0.2, 0.25) is 0 Å². The average Bonchev–Trinajstić information content (AvgIpc) is 2.62. The van der Waals surface area contributed by atoms with Crippen LogP contribution in [0.5, 0.6) is 0 Å². The number of aromatic nitrogens is 2. The molecule has 0 unspecified atom stereocenters. The second-order valence-corrected chi connectivity index (χ2v) is 3.00. The maximum Gasteiger partial charge on any atom is 0.204 e. The average molecular weight is 196 g/mol. The van der Waals surface area contributed by atoms with E-state index in [1.54, 1.807) is 0 Å². The van der Waals surface area contributed by atoms with Crippen molar-refractivity contribution >= 4 is 29.4 Å². The SMILES string of the molecule is Cl.c1ccc2c(c1)nc1n2CCN1. The molecule has 0 aliphatic carbocycles. The molecule has 2 aromatic rings. The predicted octanol–water partition coefficient (Wildman–Crippen LogP) is 1.88. The van der Waals surface area contributed by atoms with E-state index in [4.69, 9.17) is 0 Å². The molecule has 1 aliphatic heterocycles. The lowest BCUT2D eigenvalue weighted by atomic mass is 10.3. The van der Waals surface area contributed by atoms with Gasteiger partial charge in [-0.05, 0) is 12.1 Å². The van der Waals surface area contributed by atoms with Gasteiger partial charge in [-0.2, -0.15) is 0 Å². The van der Waals surface area contributed by atoms with Crippen molar-refractivity contribution in [3.8, 4) is 0 Å². The fraction of sp³-hybridized carbons (Fsp3) is 0.222. The van der Waals surface area contributed by atoms with Gasteiger partial charge in [0, 0.05) is 13.1 Å². The summed E-state index contributed by atoms with van der Waals surface area (Å²) in [6.07, 6.45) is 0. The largest absolute Gasteiger partial charge is 0.354 e. The van der Waals surface area contributed by atoms with Crippen LogP contribution in [-0.4, -0.2) is 16.1 Å². The molecule has 1 aromatic heterocycles. The number of nitrogens with zero attached hydrogens (tertiary/aromatic N) is 2. The van der Waals surface area contributed by atoms with E-state index >= 15 is 0 Å². The lowest BCUT2D eigenvalue weighted by Gasteiger charge is -1.94. The Hall–Kier alpha value is -1.22. The van der Waals surface area contributed by atoms with E-state index in [1.807, 2.05) is 12.1 Å². The summed E-state index contributed by atoms with van der Waals surface area (Å²) >= 11 is 0. The second kappa shape index (κ2) is 2.92. The molecular weight excluding hydrogens is 186 g/mol. The van der Waals surface area contributed by atoms with Gasteiger partial charge in [-0.25, -0.2) is 4.98 Å². The fourth-order valence-corrected chi connectivity index (χ4v) is 1.72. The summed E-state index contributed by atoms with van der Waals surface area (Å²) < 4.78 is 2.22. The topological polar surface area (TPSA) is 29.9 Å². The smallest absolute Gasteiger partial charge is 0.204 e. The number of para-hydroxylation sites is 2. The van der Waals surface area contributed by atoms with Crippen LogP contribution in [-0.2, 0) is 6.54 Å². The normalized spacial score (nSPS) is 13.5. The van der Waals surface area contributed by atoms with E-state index in [0.717, 1.165) is 24.6 Å². The zero-order valence-corrected chi connectivity index (χ0v) is 7.84. The summed E-state index contributed by atoms with van der Waals surface area (Å²) in [5, 5.41) is 3.24. The number of fused-ring (bicyclic) bond motifs is 3. The van der Waals surface area contributed by atoms with E-state index < -0.39 is 0 Å². The van der Waals surface area contributed by atoms with E-state index in [1.165, 1.54) is 5.52 Å². The molecule has 13 heavy (non-hydrogen) atoms. The molecule has 0 amide bonds. The highest BCUT2D eigenvalue weighted by Crippen LogP contribution is 2.21. The quantitative estimate of drug-likeness (QED) is 0.696. The zero-order valence-electron chi connectivity index (χ0n) is 7.03. The Balaban J connectivity index is 0.000000653. The summed E-state index contributed by atoms with van der Waals surface area (Å²) in [5.41, 5.74) is 2.32. The van der Waals surface area contributed by atoms with Crippen molar-refractivity contribution in [2.75, 3.05) is 11.9 Å². The molecule has 3 nitrogen and oxygen atoms in total. The molecule has 1 aliphatic rings. The molecule has 0 saturated carbocycles. The monoisotopic (exact) mass is 195 g/mol. The van der Waals surface area contributed by atoms with Gasteiger partial charge in [-0.15, -0.1) is 12.4 Å². The van der Waals surface area contributed by atoms with Gasteiger partial charge in [0.1, 0.15) is 0 Å². The van der Waals surface area contributed by atoms with Crippen molar-refractivity contribution in [1.82, 2.24) is 9.55 Å². The summed E-state index contributed by atoms with van der Waals surface area (Å²) in [6, 6.07) is 8.22. The van der Waals surface area contributed by atoms with Crippen molar-refractivity contribution in [3.63, 3.8) is 0 Å². The van der Waals surface area contributed by atoms with Crippen LogP contribution in [0.1, 0.15) is 0 Å². The predicted molar refractivity (Wildman–Crippen MR) is 55.5 cm³/mol. The highest BCUT2D eigenvalue weighted by molar-refractivity contribution is 5.85. The Morgan fingerprint density at radius 1 is 1.31 bits per heavy atom. The number of nitrogens with one attached hydrogen (secondary N) is 1. The number of benzene rings is 1. The lowest BCUT2D eigenvalue weighted by molar-refractivity contribution is 0.837. The van der Waals surface area contributed by atoms with Gasteiger partial charge in [0.2, 0.25) is 5.95 Å². The summed E-state index contributed by atoms with van der Waals surface area (Å²) in [6.45, 7) is 2.04. The molecule has 0 bridgehead atoms. The van der Waals surface area contributed by atoms with Crippen LogP contribution in [0.3, 0.4) is 0 Å². The summed E-state index contributed by atoms with van der Waals surface area (Å²) in [7, 11) is 0. The minimum atomic E-state index is 0. The number of rotatable bonds is 0. The first kappa shape index (κ1) is 8.38. The first-order valence-electron chi connectivity index (χ1n) is 4.14. The standard InChI is InChI=1S/C9H9N3.ClH/c1-2-4-8-7(3-1)11-9-10-5-6-12(8)9;/h1-4H,5-6H2,(H,10,11);1H. The third-order valence-electron chi connectivity index (χ3n) is 2.27. The Kier molecular flexibility index (Phi) is 1.88. The maximum atomic E-state index is 4.45. The molecule has 0 saturated heterocycles. The molecule has 3 rings (SSSR count). The molecule has 1 N–H and O–H groups in total. The molecular formula is C9H10ClN3. The van der Waals surface area contributed by atoms with Crippen LogP contribution in [0.25, 0.3) is 11.0 Å². The van der Waals surface area contributed by atoms with Crippen LogP contribution in [0.4, 0.5) is 5.95 Å². The van der Waals surface area contributed by atoms with Gasteiger partial charge in [0.15, 0.2) is 0 Å². The fourth-order valence-electron chi connectivity index (χ4n) is 1.72.